The summed E-state index contributed by atoms with van der Waals surface area (Å²) >= 11 is 0. The highest BCUT2D eigenvalue weighted by atomic mass is 16.5. The molecule has 0 saturated carbocycles. The summed E-state index contributed by atoms with van der Waals surface area (Å²) in [4.78, 5) is 28.4. The van der Waals surface area contributed by atoms with E-state index in [-0.39, 0.29) is 12.5 Å². The van der Waals surface area contributed by atoms with E-state index < -0.39 is 5.97 Å². The Kier molecular flexibility index (Phi) is 5.66. The Morgan fingerprint density at radius 2 is 1.81 bits per heavy atom. The van der Waals surface area contributed by atoms with E-state index in [0.29, 0.717) is 22.7 Å². The van der Waals surface area contributed by atoms with Crippen molar-refractivity contribution < 1.29 is 19.1 Å². The smallest absolute Gasteiger partial charge is 0.347 e. The number of nitrogens with zero attached hydrogens (tertiary/aromatic N) is 2. The first-order valence-corrected chi connectivity index (χ1v) is 9.74. The van der Waals surface area contributed by atoms with Crippen LogP contribution in [0.15, 0.2) is 73.1 Å². The minimum absolute atomic E-state index is 0.170. The largest absolute Gasteiger partial charge is 0.486 e. The van der Waals surface area contributed by atoms with Crippen molar-refractivity contribution in [2.45, 2.75) is 20.5 Å². The van der Waals surface area contributed by atoms with Gasteiger partial charge >= 0.3 is 5.97 Å². The molecule has 31 heavy (non-hydrogen) atoms. The molecule has 2 aromatic carbocycles. The highest BCUT2D eigenvalue weighted by molar-refractivity contribution is 5.94. The van der Waals surface area contributed by atoms with Crippen molar-refractivity contribution in [3.63, 3.8) is 0 Å². The van der Waals surface area contributed by atoms with Crippen molar-refractivity contribution in [3.8, 4) is 11.5 Å². The maximum Gasteiger partial charge on any atom is 0.347 e. The number of para-hydroxylation sites is 1. The summed E-state index contributed by atoms with van der Waals surface area (Å²) in [5, 5.41) is 2.66. The number of fused-ring (bicyclic) bond motifs is 1. The van der Waals surface area contributed by atoms with E-state index in [0.717, 1.165) is 16.9 Å². The molecule has 7 nitrogen and oxygen atoms in total. The van der Waals surface area contributed by atoms with Gasteiger partial charge in [0.1, 0.15) is 29.3 Å². The van der Waals surface area contributed by atoms with Gasteiger partial charge in [-0.1, -0.05) is 18.2 Å². The Balaban J connectivity index is 1.46. The van der Waals surface area contributed by atoms with Gasteiger partial charge in [-0.05, 0) is 55.0 Å². The van der Waals surface area contributed by atoms with E-state index in [2.05, 4.69) is 10.3 Å². The second kappa shape index (κ2) is 8.71. The third-order valence-corrected chi connectivity index (χ3v) is 4.60. The lowest BCUT2D eigenvalue weighted by Gasteiger charge is -2.10. The predicted molar refractivity (Wildman–Crippen MR) is 116 cm³/mol. The number of carbonyl (C=O) groups is 2. The highest BCUT2D eigenvalue weighted by Gasteiger charge is 2.15. The van der Waals surface area contributed by atoms with Crippen molar-refractivity contribution in [1.29, 1.82) is 0 Å². The van der Waals surface area contributed by atoms with E-state index in [4.69, 9.17) is 9.47 Å². The molecule has 4 rings (SSSR count). The van der Waals surface area contributed by atoms with Crippen molar-refractivity contribution in [2.75, 3.05) is 5.32 Å². The number of imidazole rings is 1. The van der Waals surface area contributed by atoms with Gasteiger partial charge in [-0.2, -0.15) is 0 Å². The molecule has 0 spiro atoms. The number of esters is 1. The monoisotopic (exact) mass is 415 g/mol. The highest BCUT2D eigenvalue weighted by Crippen LogP contribution is 2.23. The number of ether oxygens (including phenoxy) is 2. The Morgan fingerprint density at radius 1 is 1.03 bits per heavy atom. The molecule has 7 heteroatoms. The van der Waals surface area contributed by atoms with Crippen molar-refractivity contribution in [2.24, 2.45) is 0 Å². The number of hydrogen-bond acceptors (Lipinski definition) is 5. The van der Waals surface area contributed by atoms with Gasteiger partial charge in [0.05, 0.1) is 5.69 Å². The lowest BCUT2D eigenvalue weighted by atomic mass is 10.2. The number of pyridine rings is 1. The Labute approximate surface area is 179 Å². The number of amides is 1. The molecule has 0 aliphatic heterocycles. The molecule has 2 heterocycles. The first-order valence-electron chi connectivity index (χ1n) is 9.74. The average molecular weight is 415 g/mol. The number of benzene rings is 2. The predicted octanol–water partition coefficient (Wildman–Crippen LogP) is 4.40. The third-order valence-electron chi connectivity index (χ3n) is 4.60. The minimum Gasteiger partial charge on any atom is -0.486 e. The summed E-state index contributed by atoms with van der Waals surface area (Å²) in [7, 11) is 0. The fourth-order valence-corrected chi connectivity index (χ4v) is 3.16. The first-order chi connectivity index (χ1) is 15.0. The summed E-state index contributed by atoms with van der Waals surface area (Å²) < 4.78 is 13.3. The zero-order chi connectivity index (χ0) is 21.8. The van der Waals surface area contributed by atoms with Crippen LogP contribution in [-0.4, -0.2) is 21.3 Å². The summed E-state index contributed by atoms with van der Waals surface area (Å²) in [6.07, 6.45) is 3.83. The van der Waals surface area contributed by atoms with Crippen LogP contribution in [0.25, 0.3) is 5.65 Å². The van der Waals surface area contributed by atoms with Crippen LogP contribution in [-0.2, 0) is 11.4 Å². The first kappa shape index (κ1) is 20.2. The molecule has 0 atom stereocenters. The van der Waals surface area contributed by atoms with Crippen LogP contribution in [0.3, 0.4) is 0 Å². The van der Waals surface area contributed by atoms with Crippen molar-refractivity contribution in [1.82, 2.24) is 9.38 Å². The standard InChI is InChI=1S/C24H21N3O4/c1-16-6-5-13-27-14-19(26-23(16)27)15-30-22-8-4-3-7-21(22)24(29)31-20-11-9-18(10-12-20)25-17(2)28/h3-14H,15H2,1-2H3,(H,25,28). The van der Waals surface area contributed by atoms with Crippen molar-refractivity contribution >= 4 is 23.2 Å². The third kappa shape index (κ3) is 4.72. The topological polar surface area (TPSA) is 81.9 Å². The van der Waals surface area contributed by atoms with Crippen LogP contribution in [0, 0.1) is 6.92 Å². The summed E-state index contributed by atoms with van der Waals surface area (Å²) in [6, 6.07) is 17.4. The molecule has 0 bridgehead atoms. The molecule has 4 aromatic rings. The van der Waals surface area contributed by atoms with Gasteiger partial charge in [-0.15, -0.1) is 0 Å². The van der Waals surface area contributed by atoms with Crippen molar-refractivity contribution in [3.05, 3.63) is 89.9 Å². The maximum absolute atomic E-state index is 12.7. The molecule has 2 aromatic heterocycles. The summed E-state index contributed by atoms with van der Waals surface area (Å²) in [5.74, 6) is 0.0752. The Morgan fingerprint density at radius 3 is 2.55 bits per heavy atom. The SMILES string of the molecule is CC(=O)Nc1ccc(OC(=O)c2ccccc2OCc2cn3cccc(C)c3n2)cc1. The van der Waals surface area contributed by atoms with Crippen LogP contribution in [0.5, 0.6) is 11.5 Å². The lowest BCUT2D eigenvalue weighted by Crippen LogP contribution is -2.11. The maximum atomic E-state index is 12.7. The summed E-state index contributed by atoms with van der Waals surface area (Å²) in [6.45, 7) is 3.65. The number of rotatable bonds is 6. The van der Waals surface area contributed by atoms with Gasteiger partial charge in [-0.3, -0.25) is 4.79 Å². The molecule has 156 valence electrons. The van der Waals surface area contributed by atoms with E-state index in [1.54, 1.807) is 48.5 Å². The molecule has 0 aliphatic carbocycles. The van der Waals surface area contributed by atoms with E-state index in [1.807, 2.05) is 35.9 Å². The number of nitrogens with one attached hydrogen (secondary N) is 1. The van der Waals surface area contributed by atoms with Gasteiger partial charge in [0.2, 0.25) is 5.91 Å². The molecule has 0 aliphatic rings. The average Bonchev–Trinajstić information content (AvgIpc) is 3.18. The number of aryl methyl sites for hydroxylation is 1. The fraction of sp³-hybridized carbons (Fsp3) is 0.125. The normalized spacial score (nSPS) is 10.6. The molecule has 0 unspecified atom stereocenters. The van der Waals surface area contributed by atoms with E-state index in [1.165, 1.54) is 6.92 Å². The molecule has 0 radical (unpaired) electrons. The van der Waals surface area contributed by atoms with Gasteiger partial charge in [-0.25, -0.2) is 9.78 Å². The van der Waals surface area contributed by atoms with E-state index in [9.17, 15) is 9.59 Å². The minimum atomic E-state index is -0.534. The zero-order valence-corrected chi connectivity index (χ0v) is 17.2. The number of aromatic nitrogens is 2. The second-order valence-electron chi connectivity index (χ2n) is 7.03. The van der Waals surface area contributed by atoms with Gasteiger partial charge in [0.25, 0.3) is 0 Å². The van der Waals surface area contributed by atoms with Crippen LogP contribution >= 0.6 is 0 Å². The Hall–Kier alpha value is -4.13. The number of anilines is 1. The van der Waals surface area contributed by atoms with Gasteiger partial charge in [0.15, 0.2) is 0 Å². The lowest BCUT2D eigenvalue weighted by molar-refractivity contribution is -0.114. The van der Waals surface area contributed by atoms with Crippen LogP contribution in [0.1, 0.15) is 28.5 Å². The number of carbonyl (C=O) groups excluding carboxylic acids is 2. The summed E-state index contributed by atoms with van der Waals surface area (Å²) in [5.41, 5.74) is 3.64. The molecule has 1 amide bonds. The molecule has 0 saturated heterocycles. The van der Waals surface area contributed by atoms with Crippen LogP contribution in [0.4, 0.5) is 5.69 Å². The molecular weight excluding hydrogens is 394 g/mol. The van der Waals surface area contributed by atoms with E-state index >= 15 is 0 Å². The molecular formula is C24H21N3O4. The van der Waals surface area contributed by atoms with Gasteiger partial charge in [0, 0.05) is 25.0 Å². The zero-order valence-electron chi connectivity index (χ0n) is 17.2. The number of hydrogen-bond donors (Lipinski definition) is 1. The second-order valence-corrected chi connectivity index (χ2v) is 7.03. The molecule has 1 N–H and O–H groups in total. The Bertz CT molecular complexity index is 1250. The van der Waals surface area contributed by atoms with Crippen LogP contribution < -0.4 is 14.8 Å². The van der Waals surface area contributed by atoms with Crippen LogP contribution in [0.2, 0.25) is 0 Å². The molecule has 0 fully saturated rings. The quantitative estimate of drug-likeness (QED) is 0.373. The van der Waals surface area contributed by atoms with Gasteiger partial charge < -0.3 is 19.2 Å². The fourth-order valence-electron chi connectivity index (χ4n) is 3.16.